The molecule has 0 aromatic carbocycles. The van der Waals surface area contributed by atoms with Gasteiger partial charge < -0.3 is 9.88 Å². The van der Waals surface area contributed by atoms with Crippen LogP contribution in [0.5, 0.6) is 0 Å². The highest BCUT2D eigenvalue weighted by molar-refractivity contribution is 7.99. The zero-order valence-electron chi connectivity index (χ0n) is 9.86. The summed E-state index contributed by atoms with van der Waals surface area (Å²) < 4.78 is 2.21. The molecule has 3 nitrogen and oxygen atoms in total. The highest BCUT2D eigenvalue weighted by Gasteiger charge is 2.14. The van der Waals surface area contributed by atoms with Gasteiger partial charge in [0, 0.05) is 24.7 Å². The van der Waals surface area contributed by atoms with Crippen molar-refractivity contribution in [2.45, 2.75) is 33.4 Å². The molecule has 0 aliphatic carbocycles. The molecule has 0 saturated carbocycles. The Hall–Kier alpha value is -0.480. The predicted molar refractivity (Wildman–Crippen MR) is 67.3 cm³/mol. The summed E-state index contributed by atoms with van der Waals surface area (Å²) in [7, 11) is 0. The first-order valence-electron chi connectivity index (χ1n) is 5.65. The van der Waals surface area contributed by atoms with E-state index in [1.54, 1.807) is 0 Å². The molecule has 0 aliphatic rings. The lowest BCUT2D eigenvalue weighted by molar-refractivity contribution is 0.539. The molecule has 0 bridgehead atoms. The van der Waals surface area contributed by atoms with Crippen LogP contribution in [0.15, 0.2) is 12.4 Å². The maximum absolute atomic E-state index is 4.45. The first kappa shape index (κ1) is 12.6. The second-order valence-electron chi connectivity index (χ2n) is 3.34. The van der Waals surface area contributed by atoms with E-state index in [1.807, 2.05) is 18.0 Å². The van der Waals surface area contributed by atoms with Crippen molar-refractivity contribution in [3.05, 3.63) is 18.2 Å². The average molecular weight is 227 g/mol. The van der Waals surface area contributed by atoms with Crippen molar-refractivity contribution in [1.82, 2.24) is 14.9 Å². The monoisotopic (exact) mass is 227 g/mol. The number of aromatic nitrogens is 2. The smallest absolute Gasteiger partial charge is 0.126 e. The molecular weight excluding hydrogens is 206 g/mol. The SMILES string of the molecule is CCNC(CSCC)c1nccn1CC. The molecule has 0 fully saturated rings. The fourth-order valence-electron chi connectivity index (χ4n) is 1.61. The summed E-state index contributed by atoms with van der Waals surface area (Å²) in [6.45, 7) is 8.48. The minimum atomic E-state index is 0.384. The molecule has 1 heterocycles. The summed E-state index contributed by atoms with van der Waals surface area (Å²) >= 11 is 1.96. The van der Waals surface area contributed by atoms with Gasteiger partial charge in [-0.3, -0.25) is 0 Å². The molecule has 1 N–H and O–H groups in total. The van der Waals surface area contributed by atoms with E-state index >= 15 is 0 Å². The molecule has 0 radical (unpaired) electrons. The number of hydrogen-bond donors (Lipinski definition) is 1. The molecule has 1 unspecified atom stereocenters. The maximum Gasteiger partial charge on any atom is 0.126 e. The van der Waals surface area contributed by atoms with Crippen LogP contribution < -0.4 is 5.32 Å². The molecule has 4 heteroatoms. The van der Waals surface area contributed by atoms with Crippen LogP contribution in [-0.2, 0) is 6.54 Å². The van der Waals surface area contributed by atoms with Gasteiger partial charge in [-0.2, -0.15) is 11.8 Å². The van der Waals surface area contributed by atoms with Crippen LogP contribution in [0.3, 0.4) is 0 Å². The van der Waals surface area contributed by atoms with Crippen LogP contribution in [0, 0.1) is 0 Å². The molecule has 0 spiro atoms. The number of hydrogen-bond acceptors (Lipinski definition) is 3. The van der Waals surface area contributed by atoms with E-state index in [1.165, 1.54) is 5.82 Å². The van der Waals surface area contributed by atoms with Crippen molar-refractivity contribution in [2.75, 3.05) is 18.1 Å². The van der Waals surface area contributed by atoms with Gasteiger partial charge in [-0.15, -0.1) is 0 Å². The Labute approximate surface area is 96.7 Å². The minimum absolute atomic E-state index is 0.384. The zero-order valence-corrected chi connectivity index (χ0v) is 10.7. The Morgan fingerprint density at radius 1 is 1.47 bits per heavy atom. The number of rotatable bonds is 7. The lowest BCUT2D eigenvalue weighted by Gasteiger charge is -2.17. The highest BCUT2D eigenvalue weighted by Crippen LogP contribution is 2.16. The van der Waals surface area contributed by atoms with Crippen LogP contribution in [0.1, 0.15) is 32.6 Å². The number of thioether (sulfide) groups is 1. The molecule has 15 heavy (non-hydrogen) atoms. The zero-order chi connectivity index (χ0) is 11.1. The van der Waals surface area contributed by atoms with Gasteiger partial charge in [-0.1, -0.05) is 13.8 Å². The van der Waals surface area contributed by atoms with E-state index in [0.717, 1.165) is 24.6 Å². The van der Waals surface area contributed by atoms with Crippen LogP contribution in [0.4, 0.5) is 0 Å². The van der Waals surface area contributed by atoms with Crippen molar-refractivity contribution < 1.29 is 0 Å². The van der Waals surface area contributed by atoms with Crippen LogP contribution >= 0.6 is 11.8 Å². The van der Waals surface area contributed by atoms with Crippen LogP contribution in [-0.4, -0.2) is 27.6 Å². The lowest BCUT2D eigenvalue weighted by Crippen LogP contribution is -2.26. The summed E-state index contributed by atoms with van der Waals surface area (Å²) in [4.78, 5) is 4.45. The summed E-state index contributed by atoms with van der Waals surface area (Å²) in [6, 6.07) is 0.384. The van der Waals surface area contributed by atoms with E-state index in [-0.39, 0.29) is 0 Å². The predicted octanol–water partition coefficient (Wildman–Crippen LogP) is 2.31. The molecule has 86 valence electrons. The van der Waals surface area contributed by atoms with Crippen molar-refractivity contribution in [2.24, 2.45) is 0 Å². The second-order valence-corrected chi connectivity index (χ2v) is 4.66. The third-order valence-corrected chi connectivity index (χ3v) is 3.32. The van der Waals surface area contributed by atoms with Gasteiger partial charge in [-0.05, 0) is 19.2 Å². The number of aryl methyl sites for hydroxylation is 1. The fraction of sp³-hybridized carbons (Fsp3) is 0.727. The molecule has 1 rings (SSSR count). The highest BCUT2D eigenvalue weighted by atomic mass is 32.2. The summed E-state index contributed by atoms with van der Waals surface area (Å²) in [6.07, 6.45) is 3.94. The Kier molecular flexibility index (Phi) is 5.79. The molecule has 0 saturated heterocycles. The Morgan fingerprint density at radius 2 is 2.27 bits per heavy atom. The van der Waals surface area contributed by atoms with Gasteiger partial charge in [0.15, 0.2) is 0 Å². The number of nitrogens with zero attached hydrogens (tertiary/aromatic N) is 2. The molecule has 0 aliphatic heterocycles. The minimum Gasteiger partial charge on any atom is -0.334 e. The van der Waals surface area contributed by atoms with Gasteiger partial charge in [-0.25, -0.2) is 4.98 Å². The van der Waals surface area contributed by atoms with Crippen LogP contribution in [0.2, 0.25) is 0 Å². The summed E-state index contributed by atoms with van der Waals surface area (Å²) in [5.74, 6) is 3.43. The van der Waals surface area contributed by atoms with Gasteiger partial charge in [0.1, 0.15) is 5.82 Å². The van der Waals surface area contributed by atoms with Crippen molar-refractivity contribution in [1.29, 1.82) is 0 Å². The molecule has 1 aromatic rings. The fourth-order valence-corrected chi connectivity index (χ4v) is 2.34. The quantitative estimate of drug-likeness (QED) is 0.775. The maximum atomic E-state index is 4.45. The second kappa shape index (κ2) is 6.90. The normalized spacial score (nSPS) is 13.0. The molecular formula is C11H21N3S. The van der Waals surface area contributed by atoms with E-state index in [4.69, 9.17) is 0 Å². The number of imidazole rings is 1. The van der Waals surface area contributed by atoms with Gasteiger partial charge in [0.2, 0.25) is 0 Å². The van der Waals surface area contributed by atoms with Gasteiger partial charge in [0.25, 0.3) is 0 Å². The molecule has 1 aromatic heterocycles. The van der Waals surface area contributed by atoms with E-state index in [2.05, 4.69) is 41.8 Å². The van der Waals surface area contributed by atoms with E-state index in [0.29, 0.717) is 6.04 Å². The third-order valence-electron chi connectivity index (χ3n) is 2.34. The summed E-state index contributed by atoms with van der Waals surface area (Å²) in [5.41, 5.74) is 0. The first-order valence-corrected chi connectivity index (χ1v) is 6.81. The topological polar surface area (TPSA) is 29.9 Å². The molecule has 1 atom stereocenters. The Bertz CT molecular complexity index is 273. The van der Waals surface area contributed by atoms with Gasteiger partial charge in [0.05, 0.1) is 6.04 Å². The largest absolute Gasteiger partial charge is 0.334 e. The third kappa shape index (κ3) is 3.54. The van der Waals surface area contributed by atoms with Crippen LogP contribution in [0.25, 0.3) is 0 Å². The van der Waals surface area contributed by atoms with Crippen molar-refractivity contribution in [3.63, 3.8) is 0 Å². The number of nitrogens with one attached hydrogen (secondary N) is 1. The van der Waals surface area contributed by atoms with Crippen molar-refractivity contribution in [3.8, 4) is 0 Å². The Morgan fingerprint density at radius 3 is 2.87 bits per heavy atom. The molecule has 0 amide bonds. The lowest BCUT2D eigenvalue weighted by atomic mass is 10.3. The summed E-state index contributed by atoms with van der Waals surface area (Å²) in [5, 5.41) is 3.49. The van der Waals surface area contributed by atoms with E-state index < -0.39 is 0 Å². The van der Waals surface area contributed by atoms with E-state index in [9.17, 15) is 0 Å². The average Bonchev–Trinajstić information content (AvgIpc) is 2.72. The van der Waals surface area contributed by atoms with Crippen molar-refractivity contribution >= 4 is 11.8 Å². The first-order chi connectivity index (χ1) is 7.33. The van der Waals surface area contributed by atoms with Gasteiger partial charge >= 0.3 is 0 Å². The standard InChI is InChI=1S/C11H21N3S/c1-4-12-10(9-15-6-3)11-13-7-8-14(11)5-2/h7-8,10,12H,4-6,9H2,1-3H3. The Balaban J connectivity index is 2.69.